The van der Waals surface area contributed by atoms with Gasteiger partial charge in [0.25, 0.3) is 0 Å². The standard InChI is InChI=1S/C8H13NO3/c10-7-4-9(8(11)12)3-6(7)5-1-2-5/h5-7,10H,1-4H2,(H,11,12). The van der Waals surface area contributed by atoms with Crippen molar-refractivity contribution < 1.29 is 15.0 Å². The Morgan fingerprint density at radius 3 is 2.42 bits per heavy atom. The summed E-state index contributed by atoms with van der Waals surface area (Å²) in [6.45, 7) is 0.831. The lowest BCUT2D eigenvalue weighted by atomic mass is 10.0. The zero-order valence-electron chi connectivity index (χ0n) is 6.81. The van der Waals surface area contributed by atoms with Crippen molar-refractivity contribution in [1.82, 2.24) is 4.90 Å². The summed E-state index contributed by atoms with van der Waals surface area (Å²) in [7, 11) is 0. The Labute approximate surface area is 70.8 Å². The number of hydrogen-bond donors (Lipinski definition) is 2. The van der Waals surface area contributed by atoms with E-state index in [0.29, 0.717) is 19.0 Å². The number of aliphatic hydroxyl groups excluding tert-OH is 1. The van der Waals surface area contributed by atoms with Crippen LogP contribution in [0.15, 0.2) is 0 Å². The van der Waals surface area contributed by atoms with Crippen molar-refractivity contribution in [2.24, 2.45) is 11.8 Å². The van der Waals surface area contributed by atoms with E-state index < -0.39 is 12.2 Å². The van der Waals surface area contributed by atoms with E-state index in [4.69, 9.17) is 5.11 Å². The van der Waals surface area contributed by atoms with Crippen LogP contribution in [0.25, 0.3) is 0 Å². The van der Waals surface area contributed by atoms with Crippen LogP contribution in [-0.4, -0.2) is 40.4 Å². The fourth-order valence-electron chi connectivity index (χ4n) is 1.96. The average molecular weight is 171 g/mol. The number of β-amino-alcohol motifs (C(OH)–C–C–N with tert-alkyl or cyclic N) is 1. The number of nitrogens with zero attached hydrogens (tertiary/aromatic N) is 1. The summed E-state index contributed by atoms with van der Waals surface area (Å²) >= 11 is 0. The lowest BCUT2D eigenvalue weighted by Gasteiger charge is -2.10. The zero-order valence-corrected chi connectivity index (χ0v) is 6.81. The van der Waals surface area contributed by atoms with Crippen LogP contribution in [-0.2, 0) is 0 Å². The van der Waals surface area contributed by atoms with Crippen LogP contribution in [0.3, 0.4) is 0 Å². The van der Waals surface area contributed by atoms with Crippen molar-refractivity contribution in [1.29, 1.82) is 0 Å². The molecule has 0 aromatic rings. The molecule has 0 bridgehead atoms. The molecule has 2 atom stereocenters. The van der Waals surface area contributed by atoms with E-state index in [0.717, 1.165) is 12.8 Å². The Hall–Kier alpha value is -0.770. The van der Waals surface area contributed by atoms with Gasteiger partial charge in [0.2, 0.25) is 0 Å². The Bertz CT molecular complexity index is 202. The summed E-state index contributed by atoms with van der Waals surface area (Å²) in [6, 6.07) is 0. The molecule has 1 aliphatic carbocycles. The molecule has 1 saturated carbocycles. The molecule has 4 heteroatoms. The van der Waals surface area contributed by atoms with Crippen molar-refractivity contribution in [2.75, 3.05) is 13.1 Å². The van der Waals surface area contributed by atoms with Crippen molar-refractivity contribution >= 4 is 6.09 Å². The lowest BCUT2D eigenvalue weighted by molar-refractivity contribution is 0.126. The van der Waals surface area contributed by atoms with Crippen LogP contribution in [0.5, 0.6) is 0 Å². The summed E-state index contributed by atoms with van der Waals surface area (Å²) in [4.78, 5) is 11.9. The van der Waals surface area contributed by atoms with Crippen LogP contribution < -0.4 is 0 Å². The van der Waals surface area contributed by atoms with E-state index in [1.54, 1.807) is 0 Å². The van der Waals surface area contributed by atoms with Gasteiger partial charge in [0.1, 0.15) is 0 Å². The molecule has 1 saturated heterocycles. The maximum absolute atomic E-state index is 10.6. The molecule has 0 aromatic carbocycles. The van der Waals surface area contributed by atoms with Gasteiger partial charge in [-0.3, -0.25) is 0 Å². The van der Waals surface area contributed by atoms with E-state index in [2.05, 4.69) is 0 Å². The Balaban J connectivity index is 1.96. The summed E-state index contributed by atoms with van der Waals surface area (Å²) < 4.78 is 0. The van der Waals surface area contributed by atoms with Gasteiger partial charge in [0.15, 0.2) is 0 Å². The summed E-state index contributed by atoms with van der Waals surface area (Å²) in [5, 5.41) is 18.2. The maximum atomic E-state index is 10.6. The fraction of sp³-hybridized carbons (Fsp3) is 0.875. The normalized spacial score (nSPS) is 35.6. The Morgan fingerprint density at radius 2 is 2.00 bits per heavy atom. The fourth-order valence-corrected chi connectivity index (χ4v) is 1.96. The third-order valence-electron chi connectivity index (χ3n) is 2.83. The van der Waals surface area contributed by atoms with E-state index in [-0.39, 0.29) is 5.92 Å². The predicted molar refractivity (Wildman–Crippen MR) is 41.8 cm³/mol. The molecule has 4 nitrogen and oxygen atoms in total. The maximum Gasteiger partial charge on any atom is 0.407 e. The van der Waals surface area contributed by atoms with Crippen molar-refractivity contribution in [2.45, 2.75) is 18.9 Å². The molecule has 1 aliphatic heterocycles. The molecule has 2 N–H and O–H groups in total. The van der Waals surface area contributed by atoms with E-state index in [9.17, 15) is 9.90 Å². The molecule has 2 aliphatic rings. The molecule has 68 valence electrons. The first-order valence-corrected chi connectivity index (χ1v) is 4.34. The highest BCUT2D eigenvalue weighted by Crippen LogP contribution is 2.41. The first-order valence-electron chi connectivity index (χ1n) is 4.34. The quantitative estimate of drug-likeness (QED) is 0.599. The molecule has 1 heterocycles. The predicted octanol–water partition coefficient (Wildman–Crippen LogP) is 0.367. The molecule has 2 fully saturated rings. The molecule has 0 radical (unpaired) electrons. The molecule has 2 unspecified atom stereocenters. The molecular formula is C8H13NO3. The molecular weight excluding hydrogens is 158 g/mol. The molecule has 1 amide bonds. The topological polar surface area (TPSA) is 60.8 Å². The van der Waals surface area contributed by atoms with Gasteiger partial charge >= 0.3 is 6.09 Å². The van der Waals surface area contributed by atoms with Crippen LogP contribution in [0.2, 0.25) is 0 Å². The first kappa shape index (κ1) is 7.86. The number of carbonyl (C=O) groups is 1. The number of likely N-dealkylation sites (tertiary alicyclic amines) is 1. The van der Waals surface area contributed by atoms with E-state index in [1.807, 2.05) is 0 Å². The summed E-state index contributed by atoms with van der Waals surface area (Å²) in [5.74, 6) is 0.797. The third kappa shape index (κ3) is 1.27. The van der Waals surface area contributed by atoms with Gasteiger partial charge in [-0.1, -0.05) is 0 Å². The average Bonchev–Trinajstić information content (AvgIpc) is 2.75. The highest BCUT2D eigenvalue weighted by atomic mass is 16.4. The van der Waals surface area contributed by atoms with Gasteiger partial charge < -0.3 is 15.1 Å². The van der Waals surface area contributed by atoms with E-state index >= 15 is 0 Å². The lowest BCUT2D eigenvalue weighted by Crippen LogP contribution is -2.27. The number of aliphatic hydroxyl groups is 1. The third-order valence-corrected chi connectivity index (χ3v) is 2.83. The van der Waals surface area contributed by atoms with Crippen molar-refractivity contribution in [3.8, 4) is 0 Å². The van der Waals surface area contributed by atoms with Crippen molar-refractivity contribution in [3.63, 3.8) is 0 Å². The number of hydrogen-bond acceptors (Lipinski definition) is 2. The Kier molecular flexibility index (Phi) is 1.72. The Morgan fingerprint density at radius 1 is 1.33 bits per heavy atom. The van der Waals surface area contributed by atoms with Gasteiger partial charge in [-0.2, -0.15) is 0 Å². The van der Waals surface area contributed by atoms with Crippen LogP contribution in [0, 0.1) is 11.8 Å². The van der Waals surface area contributed by atoms with Gasteiger partial charge in [-0.15, -0.1) is 0 Å². The summed E-state index contributed by atoms with van der Waals surface area (Å²) in [6.07, 6.45) is 0.996. The van der Waals surface area contributed by atoms with Crippen LogP contribution in [0.4, 0.5) is 4.79 Å². The van der Waals surface area contributed by atoms with E-state index in [1.165, 1.54) is 4.90 Å². The number of amides is 1. The second-order valence-electron chi connectivity index (χ2n) is 3.76. The molecule has 2 rings (SSSR count). The minimum Gasteiger partial charge on any atom is -0.465 e. The van der Waals surface area contributed by atoms with Gasteiger partial charge in [-0.25, -0.2) is 4.79 Å². The molecule has 0 aromatic heterocycles. The largest absolute Gasteiger partial charge is 0.465 e. The van der Waals surface area contributed by atoms with Gasteiger partial charge in [0.05, 0.1) is 12.6 Å². The molecule has 12 heavy (non-hydrogen) atoms. The highest BCUT2D eigenvalue weighted by Gasteiger charge is 2.42. The second kappa shape index (κ2) is 2.62. The second-order valence-corrected chi connectivity index (χ2v) is 3.76. The van der Waals surface area contributed by atoms with Crippen molar-refractivity contribution in [3.05, 3.63) is 0 Å². The SMILES string of the molecule is O=C(O)N1CC(O)C(C2CC2)C1. The van der Waals surface area contributed by atoms with Crippen LogP contribution >= 0.6 is 0 Å². The first-order chi connectivity index (χ1) is 5.68. The number of carboxylic acid groups (broad SMARTS) is 1. The van der Waals surface area contributed by atoms with Gasteiger partial charge in [0, 0.05) is 12.5 Å². The smallest absolute Gasteiger partial charge is 0.407 e. The summed E-state index contributed by atoms with van der Waals surface area (Å²) in [5.41, 5.74) is 0. The van der Waals surface area contributed by atoms with Gasteiger partial charge in [-0.05, 0) is 18.8 Å². The van der Waals surface area contributed by atoms with Crippen LogP contribution in [0.1, 0.15) is 12.8 Å². The minimum absolute atomic E-state index is 0.209. The highest BCUT2D eigenvalue weighted by molar-refractivity contribution is 5.65. The number of rotatable bonds is 1. The minimum atomic E-state index is -0.905. The zero-order chi connectivity index (χ0) is 8.72. The molecule has 0 spiro atoms. The monoisotopic (exact) mass is 171 g/mol.